The second kappa shape index (κ2) is 7.93. The number of thioether (sulfide) groups is 1. The Labute approximate surface area is 135 Å². The van der Waals surface area contributed by atoms with Crippen molar-refractivity contribution in [3.63, 3.8) is 0 Å². The van der Waals surface area contributed by atoms with Gasteiger partial charge in [-0.05, 0) is 40.2 Å². The second-order valence-electron chi connectivity index (χ2n) is 4.37. The molecule has 0 bridgehead atoms. The minimum absolute atomic E-state index is 0.264. The van der Waals surface area contributed by atoms with Crippen molar-refractivity contribution in [2.45, 2.75) is 17.5 Å². The Bertz CT molecular complexity index is 577. The van der Waals surface area contributed by atoms with E-state index in [0.717, 1.165) is 15.1 Å². The highest BCUT2D eigenvalue weighted by molar-refractivity contribution is 9.10. The number of aromatic nitrogens is 2. The van der Waals surface area contributed by atoms with Crippen molar-refractivity contribution in [2.24, 2.45) is 0 Å². The van der Waals surface area contributed by atoms with Crippen LogP contribution < -0.4 is 0 Å². The minimum Gasteiger partial charge on any atom is -0.386 e. The largest absolute Gasteiger partial charge is 0.386 e. The van der Waals surface area contributed by atoms with E-state index >= 15 is 0 Å². The molecule has 0 spiro atoms. The summed E-state index contributed by atoms with van der Waals surface area (Å²) in [4.78, 5) is 0.912. The van der Waals surface area contributed by atoms with Crippen LogP contribution in [0.3, 0.4) is 0 Å². The number of benzene rings is 1. The summed E-state index contributed by atoms with van der Waals surface area (Å²) < 4.78 is 20.4. The maximum atomic E-state index is 12.8. The van der Waals surface area contributed by atoms with E-state index < -0.39 is 6.10 Å². The number of ether oxygens (including phenoxy) is 1. The normalized spacial score (nSPS) is 12.6. The summed E-state index contributed by atoms with van der Waals surface area (Å²) in [6.45, 7) is 1.11. The van der Waals surface area contributed by atoms with E-state index in [0.29, 0.717) is 18.9 Å². The van der Waals surface area contributed by atoms with E-state index in [-0.39, 0.29) is 5.82 Å². The van der Waals surface area contributed by atoms with Gasteiger partial charge in [-0.2, -0.15) is 5.10 Å². The molecule has 0 aliphatic rings. The molecule has 0 saturated heterocycles. The van der Waals surface area contributed by atoms with Gasteiger partial charge in [0.05, 0.1) is 29.5 Å². The van der Waals surface area contributed by atoms with Crippen LogP contribution in [0.5, 0.6) is 0 Å². The second-order valence-corrected chi connectivity index (χ2v) is 6.32. The van der Waals surface area contributed by atoms with Crippen LogP contribution in [0.25, 0.3) is 0 Å². The van der Waals surface area contributed by atoms with E-state index in [1.54, 1.807) is 30.1 Å². The Morgan fingerprint density at radius 1 is 1.43 bits per heavy atom. The highest BCUT2D eigenvalue weighted by Gasteiger charge is 2.18. The molecule has 21 heavy (non-hydrogen) atoms. The molecule has 4 nitrogen and oxygen atoms in total. The first kappa shape index (κ1) is 16.5. The number of rotatable bonds is 7. The van der Waals surface area contributed by atoms with Gasteiger partial charge in [-0.15, -0.1) is 11.8 Å². The third-order valence-electron chi connectivity index (χ3n) is 2.88. The van der Waals surface area contributed by atoms with Crippen molar-refractivity contribution in [3.8, 4) is 0 Å². The van der Waals surface area contributed by atoms with Gasteiger partial charge in [0.25, 0.3) is 0 Å². The molecule has 1 N–H and O–H groups in total. The Morgan fingerprint density at radius 2 is 2.14 bits per heavy atom. The van der Waals surface area contributed by atoms with Crippen LogP contribution in [-0.4, -0.2) is 34.4 Å². The third kappa shape index (κ3) is 4.54. The minimum atomic E-state index is -0.672. The molecule has 7 heteroatoms. The molecule has 2 aromatic rings. The summed E-state index contributed by atoms with van der Waals surface area (Å²) in [6, 6.07) is 6.22. The van der Waals surface area contributed by atoms with Gasteiger partial charge < -0.3 is 9.84 Å². The number of aliphatic hydroxyl groups excluding tert-OH is 1. The molecule has 2 rings (SSSR count). The van der Waals surface area contributed by atoms with Gasteiger partial charge in [0, 0.05) is 17.8 Å². The summed E-state index contributed by atoms with van der Waals surface area (Å²) in [6.07, 6.45) is 0.991. The van der Waals surface area contributed by atoms with Crippen LogP contribution in [0.4, 0.5) is 4.39 Å². The third-order valence-corrected chi connectivity index (χ3v) is 4.58. The Kier molecular flexibility index (Phi) is 6.22. The molecule has 1 aromatic carbocycles. The Hall–Kier alpha value is -0.890. The molecule has 1 heterocycles. The first-order valence-electron chi connectivity index (χ1n) is 6.38. The van der Waals surface area contributed by atoms with Crippen molar-refractivity contribution in [2.75, 3.05) is 19.5 Å². The molecule has 0 aliphatic carbocycles. The molecule has 1 unspecified atom stereocenters. The fraction of sp³-hybridized carbons (Fsp3) is 0.357. The number of nitrogens with zero attached hydrogens (tertiary/aromatic N) is 2. The van der Waals surface area contributed by atoms with E-state index in [9.17, 15) is 9.50 Å². The lowest BCUT2D eigenvalue weighted by molar-refractivity contribution is 0.166. The Balaban J connectivity index is 2.01. The first-order valence-corrected chi connectivity index (χ1v) is 8.16. The SMILES string of the molecule is COCCn1ncc(Br)c1C(O)CSc1ccc(F)cc1. The van der Waals surface area contributed by atoms with Crippen LogP contribution in [0, 0.1) is 5.82 Å². The van der Waals surface area contributed by atoms with Crippen LogP contribution in [0.1, 0.15) is 11.8 Å². The number of hydrogen-bond acceptors (Lipinski definition) is 4. The molecular formula is C14H16BrFN2O2S. The summed E-state index contributed by atoms with van der Waals surface area (Å²) in [5.74, 6) is 0.198. The Morgan fingerprint density at radius 3 is 2.81 bits per heavy atom. The predicted molar refractivity (Wildman–Crippen MR) is 83.9 cm³/mol. The quantitative estimate of drug-likeness (QED) is 0.755. The topological polar surface area (TPSA) is 47.3 Å². The molecule has 1 aromatic heterocycles. The standard InChI is InChI=1S/C14H16BrFN2O2S/c1-20-7-6-18-14(12(15)8-17-18)13(19)9-21-11-4-2-10(16)3-5-11/h2-5,8,13,19H,6-7,9H2,1H3. The zero-order chi connectivity index (χ0) is 15.2. The molecule has 0 aliphatic heterocycles. The summed E-state index contributed by atoms with van der Waals surface area (Å²) in [7, 11) is 1.62. The fourth-order valence-corrected chi connectivity index (χ4v) is 3.24. The molecule has 114 valence electrons. The van der Waals surface area contributed by atoms with Gasteiger partial charge >= 0.3 is 0 Å². The monoisotopic (exact) mass is 374 g/mol. The van der Waals surface area contributed by atoms with Gasteiger partial charge in [-0.3, -0.25) is 4.68 Å². The van der Waals surface area contributed by atoms with Gasteiger partial charge in [0.2, 0.25) is 0 Å². The zero-order valence-electron chi connectivity index (χ0n) is 11.5. The molecular weight excluding hydrogens is 359 g/mol. The van der Waals surface area contributed by atoms with Crippen molar-refractivity contribution in [1.82, 2.24) is 9.78 Å². The van der Waals surface area contributed by atoms with Gasteiger partial charge in [0.15, 0.2) is 0 Å². The van der Waals surface area contributed by atoms with Crippen molar-refractivity contribution in [1.29, 1.82) is 0 Å². The molecule has 0 amide bonds. The highest BCUT2D eigenvalue weighted by atomic mass is 79.9. The van der Waals surface area contributed by atoms with E-state index in [2.05, 4.69) is 21.0 Å². The fourth-order valence-electron chi connectivity index (χ4n) is 1.84. The number of hydrogen-bond donors (Lipinski definition) is 1. The van der Waals surface area contributed by atoms with E-state index in [4.69, 9.17) is 4.74 Å². The number of halogens is 2. The lowest BCUT2D eigenvalue weighted by atomic mass is 10.3. The number of methoxy groups -OCH3 is 1. The smallest absolute Gasteiger partial charge is 0.123 e. The van der Waals surface area contributed by atoms with Gasteiger partial charge in [-0.25, -0.2) is 4.39 Å². The molecule has 0 saturated carbocycles. The van der Waals surface area contributed by atoms with Gasteiger partial charge in [0.1, 0.15) is 11.9 Å². The lowest BCUT2D eigenvalue weighted by Crippen LogP contribution is -2.14. The van der Waals surface area contributed by atoms with Crippen LogP contribution >= 0.6 is 27.7 Å². The number of aliphatic hydroxyl groups is 1. The van der Waals surface area contributed by atoms with Gasteiger partial charge in [-0.1, -0.05) is 0 Å². The summed E-state index contributed by atoms with van der Waals surface area (Å²) >= 11 is 4.87. The van der Waals surface area contributed by atoms with Crippen LogP contribution in [0.15, 0.2) is 39.8 Å². The molecule has 0 radical (unpaired) electrons. The average molecular weight is 375 g/mol. The van der Waals surface area contributed by atoms with Crippen molar-refractivity contribution >= 4 is 27.7 Å². The van der Waals surface area contributed by atoms with E-state index in [1.807, 2.05) is 0 Å². The first-order chi connectivity index (χ1) is 10.1. The highest BCUT2D eigenvalue weighted by Crippen LogP contribution is 2.29. The predicted octanol–water partition coefficient (Wildman–Crippen LogP) is 3.26. The van der Waals surface area contributed by atoms with Crippen LogP contribution in [0.2, 0.25) is 0 Å². The lowest BCUT2D eigenvalue weighted by Gasteiger charge is -2.14. The van der Waals surface area contributed by atoms with E-state index in [1.165, 1.54) is 23.9 Å². The van der Waals surface area contributed by atoms with Crippen LogP contribution in [-0.2, 0) is 11.3 Å². The van der Waals surface area contributed by atoms with Crippen molar-refractivity contribution < 1.29 is 14.2 Å². The maximum absolute atomic E-state index is 12.8. The zero-order valence-corrected chi connectivity index (χ0v) is 13.9. The average Bonchev–Trinajstić information content (AvgIpc) is 2.85. The molecule has 0 fully saturated rings. The van der Waals surface area contributed by atoms with Crippen molar-refractivity contribution in [3.05, 3.63) is 46.4 Å². The maximum Gasteiger partial charge on any atom is 0.123 e. The summed E-state index contributed by atoms with van der Waals surface area (Å²) in [5, 5.41) is 14.6. The molecule has 1 atom stereocenters. The summed E-state index contributed by atoms with van der Waals surface area (Å²) in [5.41, 5.74) is 0.724.